The minimum atomic E-state index is -0.441. The van der Waals surface area contributed by atoms with Crippen LogP contribution in [0.5, 0.6) is 0 Å². The third-order valence-electron chi connectivity index (χ3n) is 5.18. The van der Waals surface area contributed by atoms with E-state index in [1.807, 2.05) is 4.90 Å². The first-order valence-corrected chi connectivity index (χ1v) is 9.20. The van der Waals surface area contributed by atoms with Crippen molar-refractivity contribution in [1.29, 1.82) is 0 Å². The van der Waals surface area contributed by atoms with E-state index in [2.05, 4.69) is 5.32 Å². The molecule has 1 aromatic carbocycles. The number of likely N-dealkylation sites (tertiary alicyclic amines) is 1. The summed E-state index contributed by atoms with van der Waals surface area (Å²) >= 11 is 0. The number of hydrogen-bond donors (Lipinski definition) is 1. The Kier molecular flexibility index (Phi) is 5.90. The average Bonchev–Trinajstić information content (AvgIpc) is 2.68. The molecule has 2 heterocycles. The number of likely N-dealkylation sites (N-methyl/N-ethyl adjacent to an activating group) is 1. The van der Waals surface area contributed by atoms with Crippen molar-refractivity contribution in [1.82, 2.24) is 15.1 Å². The quantitative estimate of drug-likeness (QED) is 0.593. The number of carbonyl (C=O) groups excluding carboxylic acids is 2. The molecule has 0 aliphatic carbocycles. The highest BCUT2D eigenvalue weighted by molar-refractivity contribution is 5.83. The molecule has 2 fully saturated rings. The van der Waals surface area contributed by atoms with Gasteiger partial charge in [0, 0.05) is 45.3 Å². The highest BCUT2D eigenvalue weighted by Crippen LogP contribution is 2.26. The van der Waals surface area contributed by atoms with Gasteiger partial charge in [-0.05, 0) is 18.9 Å². The van der Waals surface area contributed by atoms with E-state index in [0.29, 0.717) is 31.9 Å². The second kappa shape index (κ2) is 8.34. The van der Waals surface area contributed by atoms with E-state index in [1.54, 1.807) is 35.0 Å². The van der Waals surface area contributed by atoms with E-state index in [9.17, 15) is 19.7 Å². The molecular weight excluding hydrogens is 350 g/mol. The standard InChI is InChI=1S/C18H25N5O4/c1-20(15-6-2-3-7-16(15)23(26)27)13-18(25)21-9-4-5-14(12-21)22-10-8-19-11-17(22)24/h2-3,6-7,14,19H,4-5,8-13H2,1H3. The molecule has 0 radical (unpaired) electrons. The van der Waals surface area contributed by atoms with Gasteiger partial charge < -0.3 is 20.0 Å². The Morgan fingerprint density at radius 3 is 2.89 bits per heavy atom. The van der Waals surface area contributed by atoms with E-state index in [0.717, 1.165) is 19.4 Å². The molecular formula is C18H25N5O4. The summed E-state index contributed by atoms with van der Waals surface area (Å²) in [5.74, 6) is 0.000474. The molecule has 2 aliphatic rings. The predicted octanol–water partition coefficient (Wildman–Crippen LogP) is 0.454. The minimum Gasteiger partial charge on any atom is -0.360 e. The summed E-state index contributed by atoms with van der Waals surface area (Å²) in [5, 5.41) is 14.3. The Labute approximate surface area is 158 Å². The fourth-order valence-electron chi connectivity index (χ4n) is 3.77. The third-order valence-corrected chi connectivity index (χ3v) is 5.18. The SMILES string of the molecule is CN(CC(=O)N1CCCC(N2CCNCC2=O)C1)c1ccccc1[N+](=O)[O-]. The molecule has 0 bridgehead atoms. The van der Waals surface area contributed by atoms with Gasteiger partial charge in [-0.1, -0.05) is 12.1 Å². The van der Waals surface area contributed by atoms with Crippen molar-refractivity contribution < 1.29 is 14.5 Å². The molecule has 146 valence electrons. The minimum absolute atomic E-state index is 0.0178. The van der Waals surface area contributed by atoms with Gasteiger partial charge in [0.05, 0.1) is 18.0 Å². The normalized spacial score (nSPS) is 20.5. The monoisotopic (exact) mass is 375 g/mol. The lowest BCUT2D eigenvalue weighted by atomic mass is 10.0. The lowest BCUT2D eigenvalue weighted by Gasteiger charge is -2.41. The van der Waals surface area contributed by atoms with Crippen LogP contribution in [-0.2, 0) is 9.59 Å². The number of para-hydroxylation sites is 2. The molecule has 1 unspecified atom stereocenters. The van der Waals surface area contributed by atoms with Gasteiger partial charge in [-0.25, -0.2) is 0 Å². The number of nitrogens with one attached hydrogen (secondary N) is 1. The Bertz CT molecular complexity index is 725. The van der Waals surface area contributed by atoms with Gasteiger partial charge in [0.15, 0.2) is 0 Å². The van der Waals surface area contributed by atoms with E-state index >= 15 is 0 Å². The van der Waals surface area contributed by atoms with Crippen LogP contribution in [0.4, 0.5) is 11.4 Å². The molecule has 0 saturated carbocycles. The van der Waals surface area contributed by atoms with Crippen molar-refractivity contribution in [3.8, 4) is 0 Å². The maximum absolute atomic E-state index is 12.8. The zero-order valence-corrected chi connectivity index (χ0v) is 15.5. The van der Waals surface area contributed by atoms with Crippen molar-refractivity contribution >= 4 is 23.2 Å². The van der Waals surface area contributed by atoms with Crippen LogP contribution in [0.25, 0.3) is 0 Å². The van der Waals surface area contributed by atoms with Crippen LogP contribution in [0.1, 0.15) is 12.8 Å². The highest BCUT2D eigenvalue weighted by atomic mass is 16.6. The number of anilines is 1. The summed E-state index contributed by atoms with van der Waals surface area (Å²) in [6, 6.07) is 6.45. The summed E-state index contributed by atoms with van der Waals surface area (Å²) in [4.78, 5) is 40.9. The van der Waals surface area contributed by atoms with E-state index in [-0.39, 0.29) is 30.1 Å². The second-order valence-electron chi connectivity index (χ2n) is 7.00. The first kappa shape index (κ1) is 19.1. The van der Waals surface area contributed by atoms with Crippen LogP contribution in [0.3, 0.4) is 0 Å². The van der Waals surface area contributed by atoms with Crippen LogP contribution in [-0.4, -0.2) is 78.9 Å². The topological polar surface area (TPSA) is 99.0 Å². The van der Waals surface area contributed by atoms with Crippen molar-refractivity contribution in [2.75, 3.05) is 51.2 Å². The number of amides is 2. The smallest absolute Gasteiger partial charge is 0.292 e. The molecule has 2 amide bonds. The predicted molar refractivity (Wildman–Crippen MR) is 101 cm³/mol. The number of nitro benzene ring substituents is 1. The van der Waals surface area contributed by atoms with Crippen LogP contribution < -0.4 is 10.2 Å². The van der Waals surface area contributed by atoms with Gasteiger partial charge in [-0.3, -0.25) is 19.7 Å². The number of nitro groups is 1. The maximum Gasteiger partial charge on any atom is 0.292 e. The molecule has 0 spiro atoms. The Morgan fingerprint density at radius 2 is 2.15 bits per heavy atom. The molecule has 27 heavy (non-hydrogen) atoms. The fourth-order valence-corrected chi connectivity index (χ4v) is 3.77. The van der Waals surface area contributed by atoms with E-state index in [4.69, 9.17) is 0 Å². The third kappa shape index (κ3) is 4.36. The van der Waals surface area contributed by atoms with E-state index < -0.39 is 4.92 Å². The number of piperazine rings is 1. The molecule has 2 saturated heterocycles. The van der Waals surface area contributed by atoms with Crippen molar-refractivity contribution in [2.24, 2.45) is 0 Å². The van der Waals surface area contributed by atoms with Crippen molar-refractivity contribution in [3.63, 3.8) is 0 Å². The van der Waals surface area contributed by atoms with Gasteiger partial charge in [0.2, 0.25) is 11.8 Å². The van der Waals surface area contributed by atoms with Crippen LogP contribution in [0.2, 0.25) is 0 Å². The molecule has 1 aromatic rings. The maximum atomic E-state index is 12.8. The summed E-state index contributed by atoms with van der Waals surface area (Å²) in [6.45, 7) is 3.03. The Balaban J connectivity index is 1.64. The van der Waals surface area contributed by atoms with Gasteiger partial charge >= 0.3 is 0 Å². The van der Waals surface area contributed by atoms with Crippen molar-refractivity contribution in [2.45, 2.75) is 18.9 Å². The molecule has 9 nitrogen and oxygen atoms in total. The van der Waals surface area contributed by atoms with Crippen LogP contribution >= 0.6 is 0 Å². The van der Waals surface area contributed by atoms with Gasteiger partial charge in [0.1, 0.15) is 5.69 Å². The molecule has 2 aliphatic heterocycles. The lowest BCUT2D eigenvalue weighted by molar-refractivity contribution is -0.384. The second-order valence-corrected chi connectivity index (χ2v) is 7.00. The summed E-state index contributed by atoms with van der Waals surface area (Å²) in [5.41, 5.74) is 0.400. The first-order valence-electron chi connectivity index (χ1n) is 9.20. The number of piperidine rings is 1. The zero-order chi connectivity index (χ0) is 19.4. The van der Waals surface area contributed by atoms with Gasteiger partial charge in [-0.15, -0.1) is 0 Å². The Morgan fingerprint density at radius 1 is 1.37 bits per heavy atom. The molecule has 0 aromatic heterocycles. The lowest BCUT2D eigenvalue weighted by Crippen LogP contribution is -2.58. The summed E-state index contributed by atoms with van der Waals surface area (Å²) in [7, 11) is 1.68. The summed E-state index contributed by atoms with van der Waals surface area (Å²) in [6.07, 6.45) is 1.75. The number of benzene rings is 1. The Hall–Kier alpha value is -2.68. The number of carbonyl (C=O) groups is 2. The summed E-state index contributed by atoms with van der Waals surface area (Å²) < 4.78 is 0. The molecule has 1 N–H and O–H groups in total. The number of nitrogens with zero attached hydrogens (tertiary/aromatic N) is 4. The number of rotatable bonds is 5. The highest BCUT2D eigenvalue weighted by Gasteiger charge is 2.32. The van der Waals surface area contributed by atoms with E-state index in [1.165, 1.54) is 6.07 Å². The van der Waals surface area contributed by atoms with Gasteiger partial charge in [-0.2, -0.15) is 0 Å². The van der Waals surface area contributed by atoms with Crippen LogP contribution in [0.15, 0.2) is 24.3 Å². The van der Waals surface area contributed by atoms with Crippen LogP contribution in [0, 0.1) is 10.1 Å². The first-order chi connectivity index (χ1) is 13.0. The fraction of sp³-hybridized carbons (Fsp3) is 0.556. The largest absolute Gasteiger partial charge is 0.360 e. The molecule has 1 atom stereocenters. The zero-order valence-electron chi connectivity index (χ0n) is 15.5. The number of hydrogen-bond acceptors (Lipinski definition) is 6. The van der Waals surface area contributed by atoms with Gasteiger partial charge in [0.25, 0.3) is 5.69 Å². The average molecular weight is 375 g/mol. The molecule has 3 rings (SSSR count). The van der Waals surface area contributed by atoms with Crippen molar-refractivity contribution in [3.05, 3.63) is 34.4 Å². The molecule has 9 heteroatoms.